The summed E-state index contributed by atoms with van der Waals surface area (Å²) in [5.41, 5.74) is 1.53. The smallest absolute Gasteiger partial charge is 0.219 e. The van der Waals surface area contributed by atoms with Gasteiger partial charge < -0.3 is 4.98 Å². The number of carbonyl (C=O) groups excluding carboxylic acids is 1. The lowest BCUT2D eigenvalue weighted by Gasteiger charge is -2.15. The molecule has 3 aromatic rings. The number of nitrogens with one attached hydrogen (secondary N) is 1. The molecule has 24 heavy (non-hydrogen) atoms. The molecule has 0 bridgehead atoms. The molecular formula is C17H12BrCl2N3O. The van der Waals surface area contributed by atoms with Crippen LogP contribution in [0.15, 0.2) is 53.1 Å². The number of nitrogens with zero attached hydrogens (tertiary/aromatic N) is 2. The summed E-state index contributed by atoms with van der Waals surface area (Å²) < 4.78 is 0.941. The second-order valence-corrected chi connectivity index (χ2v) is 6.77. The van der Waals surface area contributed by atoms with Crippen LogP contribution in [0.5, 0.6) is 0 Å². The van der Waals surface area contributed by atoms with E-state index < -0.39 is 0 Å². The van der Waals surface area contributed by atoms with Crippen LogP contribution in [0.1, 0.15) is 11.4 Å². The summed E-state index contributed by atoms with van der Waals surface area (Å²) in [4.78, 5) is 20.4. The average molecular weight is 425 g/mol. The Morgan fingerprint density at radius 1 is 1.12 bits per heavy atom. The number of aromatic nitrogens is 2. The van der Waals surface area contributed by atoms with Gasteiger partial charge in [-0.1, -0.05) is 45.2 Å². The zero-order valence-electron chi connectivity index (χ0n) is 12.3. The average Bonchev–Trinajstić information content (AvgIpc) is 3.02. The van der Waals surface area contributed by atoms with Crippen LogP contribution >= 0.6 is 39.1 Å². The van der Waals surface area contributed by atoms with Gasteiger partial charge in [-0.25, -0.2) is 4.98 Å². The van der Waals surface area contributed by atoms with Crippen molar-refractivity contribution in [3.63, 3.8) is 0 Å². The highest BCUT2D eigenvalue weighted by Gasteiger charge is 2.13. The van der Waals surface area contributed by atoms with Crippen LogP contribution in [-0.4, -0.2) is 16.4 Å². The van der Waals surface area contributed by atoms with E-state index in [0.29, 0.717) is 28.1 Å². The minimum Gasteiger partial charge on any atom is -0.328 e. The van der Waals surface area contributed by atoms with Crippen molar-refractivity contribution >= 4 is 57.0 Å². The largest absolute Gasteiger partial charge is 0.328 e. The van der Waals surface area contributed by atoms with Gasteiger partial charge in [-0.15, -0.1) is 0 Å². The first-order chi connectivity index (χ1) is 11.6. The maximum atomic E-state index is 11.5. The quantitative estimate of drug-likeness (QED) is 0.560. The third-order valence-corrected chi connectivity index (χ3v) is 4.73. The van der Waals surface area contributed by atoms with E-state index in [4.69, 9.17) is 23.2 Å². The SMILES string of the molecule is O=CN(c1ccc(Br)cc1)c1cnc(Cc2c(Cl)cccc2Cl)[nH]1. The van der Waals surface area contributed by atoms with Crippen LogP contribution in [0.4, 0.5) is 11.5 Å². The molecule has 4 nitrogen and oxygen atoms in total. The Morgan fingerprint density at radius 2 is 1.79 bits per heavy atom. The molecule has 0 aliphatic carbocycles. The normalized spacial score (nSPS) is 10.6. The fraction of sp³-hybridized carbons (Fsp3) is 0.0588. The number of rotatable bonds is 5. The Balaban J connectivity index is 1.86. The van der Waals surface area contributed by atoms with Gasteiger partial charge in [0, 0.05) is 20.9 Å². The van der Waals surface area contributed by atoms with Gasteiger partial charge in [0.2, 0.25) is 6.41 Å². The molecule has 0 spiro atoms. The van der Waals surface area contributed by atoms with Crippen molar-refractivity contribution in [3.05, 3.63) is 74.6 Å². The molecule has 0 atom stereocenters. The number of amides is 1. The maximum absolute atomic E-state index is 11.5. The molecule has 122 valence electrons. The molecule has 1 N–H and O–H groups in total. The molecule has 0 saturated heterocycles. The summed E-state index contributed by atoms with van der Waals surface area (Å²) in [5.74, 6) is 1.24. The highest BCUT2D eigenvalue weighted by atomic mass is 79.9. The van der Waals surface area contributed by atoms with Crippen molar-refractivity contribution in [3.8, 4) is 0 Å². The molecule has 3 rings (SSSR count). The summed E-state index contributed by atoms with van der Waals surface area (Å²) in [6, 6.07) is 12.8. The predicted octanol–water partition coefficient (Wildman–Crippen LogP) is 5.36. The Kier molecular flexibility index (Phi) is 5.23. The van der Waals surface area contributed by atoms with E-state index in [1.165, 1.54) is 4.90 Å². The number of hydrogen-bond donors (Lipinski definition) is 1. The first-order valence-corrected chi connectivity index (χ1v) is 8.60. The zero-order chi connectivity index (χ0) is 17.1. The molecule has 0 saturated carbocycles. The van der Waals surface area contributed by atoms with Gasteiger partial charge in [0.25, 0.3) is 0 Å². The third kappa shape index (κ3) is 3.64. The third-order valence-electron chi connectivity index (χ3n) is 3.49. The summed E-state index contributed by atoms with van der Waals surface area (Å²) in [6.07, 6.45) is 2.80. The fourth-order valence-electron chi connectivity index (χ4n) is 2.29. The van der Waals surface area contributed by atoms with Crippen molar-refractivity contribution in [1.82, 2.24) is 9.97 Å². The van der Waals surface area contributed by atoms with Crippen molar-refractivity contribution in [1.29, 1.82) is 0 Å². The maximum Gasteiger partial charge on any atom is 0.219 e. The molecule has 0 aliphatic heterocycles. The van der Waals surface area contributed by atoms with Crippen molar-refractivity contribution in [2.24, 2.45) is 0 Å². The number of aromatic amines is 1. The number of anilines is 2. The number of imidazole rings is 1. The van der Waals surface area contributed by atoms with E-state index in [1.807, 2.05) is 24.3 Å². The van der Waals surface area contributed by atoms with E-state index in [-0.39, 0.29) is 0 Å². The highest BCUT2D eigenvalue weighted by molar-refractivity contribution is 9.10. The van der Waals surface area contributed by atoms with Gasteiger partial charge in [0.15, 0.2) is 0 Å². The number of hydrogen-bond acceptors (Lipinski definition) is 2. The van der Waals surface area contributed by atoms with Crippen molar-refractivity contribution < 1.29 is 4.79 Å². The monoisotopic (exact) mass is 423 g/mol. The Bertz CT molecular complexity index is 844. The van der Waals surface area contributed by atoms with Crippen LogP contribution in [0.25, 0.3) is 0 Å². The number of carbonyl (C=O) groups is 1. The topological polar surface area (TPSA) is 49.0 Å². The summed E-state index contributed by atoms with van der Waals surface area (Å²) >= 11 is 15.8. The number of benzene rings is 2. The lowest BCUT2D eigenvalue weighted by molar-refractivity contribution is -0.106. The van der Waals surface area contributed by atoms with Gasteiger partial charge in [-0.3, -0.25) is 9.69 Å². The molecular weight excluding hydrogens is 413 g/mol. The van der Waals surface area contributed by atoms with Gasteiger partial charge in [0.1, 0.15) is 11.6 Å². The van der Waals surface area contributed by atoms with E-state index in [0.717, 1.165) is 22.1 Å². The first-order valence-electron chi connectivity index (χ1n) is 7.05. The molecule has 0 unspecified atom stereocenters. The van der Waals surface area contributed by atoms with Crippen LogP contribution in [-0.2, 0) is 11.2 Å². The summed E-state index contributed by atoms with van der Waals surface area (Å²) in [5, 5.41) is 1.17. The lowest BCUT2D eigenvalue weighted by atomic mass is 10.1. The number of H-pyrrole nitrogens is 1. The molecule has 1 heterocycles. The van der Waals surface area contributed by atoms with Crippen molar-refractivity contribution in [2.45, 2.75) is 6.42 Å². The van der Waals surface area contributed by atoms with Crippen LogP contribution in [0.3, 0.4) is 0 Å². The molecule has 0 fully saturated rings. The highest BCUT2D eigenvalue weighted by Crippen LogP contribution is 2.28. The predicted molar refractivity (Wildman–Crippen MR) is 100 cm³/mol. The molecule has 2 aromatic carbocycles. The van der Waals surface area contributed by atoms with Crippen LogP contribution in [0.2, 0.25) is 10.0 Å². The lowest BCUT2D eigenvalue weighted by Crippen LogP contribution is -2.14. The molecule has 7 heteroatoms. The molecule has 1 aromatic heterocycles. The molecule has 1 amide bonds. The Hall–Kier alpha value is -1.82. The van der Waals surface area contributed by atoms with Crippen LogP contribution in [0, 0.1) is 0 Å². The van der Waals surface area contributed by atoms with E-state index in [1.54, 1.807) is 24.4 Å². The standard InChI is InChI=1S/C17H12BrCl2N3O/c18-11-4-6-12(7-5-11)23(10-24)17-9-21-16(22-17)8-13-14(19)2-1-3-15(13)20/h1-7,9-10H,8H2,(H,21,22). The second kappa shape index (κ2) is 7.38. The van der Waals surface area contributed by atoms with Gasteiger partial charge in [-0.2, -0.15) is 0 Å². The van der Waals surface area contributed by atoms with Crippen molar-refractivity contribution in [2.75, 3.05) is 4.90 Å². The van der Waals surface area contributed by atoms with E-state index in [2.05, 4.69) is 25.9 Å². The summed E-state index contributed by atoms with van der Waals surface area (Å²) in [6.45, 7) is 0. The summed E-state index contributed by atoms with van der Waals surface area (Å²) in [7, 11) is 0. The Morgan fingerprint density at radius 3 is 2.42 bits per heavy atom. The first kappa shape index (κ1) is 17.0. The Labute approximate surface area is 157 Å². The van der Waals surface area contributed by atoms with E-state index >= 15 is 0 Å². The van der Waals surface area contributed by atoms with E-state index in [9.17, 15) is 4.79 Å². The zero-order valence-corrected chi connectivity index (χ0v) is 15.4. The van der Waals surface area contributed by atoms with Gasteiger partial charge >= 0.3 is 0 Å². The van der Waals surface area contributed by atoms with Crippen LogP contribution < -0.4 is 4.90 Å². The minimum absolute atomic E-state index is 0.450. The second-order valence-electron chi connectivity index (χ2n) is 5.04. The fourth-order valence-corrected chi connectivity index (χ4v) is 3.09. The van der Waals surface area contributed by atoms with Gasteiger partial charge in [-0.05, 0) is 42.0 Å². The minimum atomic E-state index is 0.450. The molecule has 0 radical (unpaired) electrons. The van der Waals surface area contributed by atoms with Gasteiger partial charge in [0.05, 0.1) is 11.9 Å². The number of halogens is 3. The molecule has 0 aliphatic rings.